The Morgan fingerprint density at radius 2 is 1.74 bits per heavy atom. The van der Waals surface area contributed by atoms with Crippen LogP contribution in [-0.4, -0.2) is 42.0 Å². The molecule has 1 saturated heterocycles. The van der Waals surface area contributed by atoms with Crippen molar-refractivity contribution in [2.75, 3.05) is 25.0 Å². The average Bonchev–Trinajstić information content (AvgIpc) is 2.66. The van der Waals surface area contributed by atoms with E-state index < -0.39 is 0 Å². The normalized spacial score (nSPS) is 19.4. The van der Waals surface area contributed by atoms with Crippen LogP contribution < -0.4 is 5.32 Å². The van der Waals surface area contributed by atoms with Crippen molar-refractivity contribution in [2.24, 2.45) is 5.92 Å². The summed E-state index contributed by atoms with van der Waals surface area (Å²) in [6.45, 7) is 4.31. The van der Waals surface area contributed by atoms with Crippen molar-refractivity contribution in [1.82, 2.24) is 4.90 Å². The Morgan fingerprint density at radius 3 is 2.48 bits per heavy atom. The zero-order valence-electron chi connectivity index (χ0n) is 15.3. The molecule has 1 N–H and O–H groups in total. The summed E-state index contributed by atoms with van der Waals surface area (Å²) in [6.07, 6.45) is 2.29. The van der Waals surface area contributed by atoms with Crippen LogP contribution >= 0.6 is 0 Å². The van der Waals surface area contributed by atoms with E-state index in [0.717, 1.165) is 19.5 Å². The van der Waals surface area contributed by atoms with Crippen molar-refractivity contribution in [3.8, 4) is 0 Å². The predicted molar refractivity (Wildman–Crippen MR) is 103 cm³/mol. The molecular weight excluding hydrogens is 340 g/mol. The third-order valence-corrected chi connectivity index (χ3v) is 5.33. The summed E-state index contributed by atoms with van der Waals surface area (Å²) in [5.74, 6) is 0.0344. The van der Waals surface area contributed by atoms with Crippen LogP contribution in [0, 0.1) is 5.92 Å². The van der Waals surface area contributed by atoms with Gasteiger partial charge in [0.25, 0.3) is 0 Å². The topological polar surface area (TPSA) is 66.5 Å². The largest absolute Gasteiger partial charge is 0.324 e. The Morgan fingerprint density at radius 1 is 1.04 bits per heavy atom. The fourth-order valence-corrected chi connectivity index (χ4v) is 4.07. The molecule has 1 aliphatic heterocycles. The number of hydrogen-bond donors (Lipinski definition) is 1. The molecule has 5 heteroatoms. The van der Waals surface area contributed by atoms with Gasteiger partial charge in [-0.05, 0) is 31.4 Å². The second-order valence-corrected chi connectivity index (χ2v) is 7.46. The maximum Gasteiger partial charge on any atom is 0.238 e. The molecule has 138 valence electrons. The second kappa shape index (κ2) is 7.08. The zero-order chi connectivity index (χ0) is 19.0. The number of benzene rings is 2. The number of rotatable bonds is 3. The van der Waals surface area contributed by atoms with Crippen LogP contribution in [-0.2, 0) is 4.79 Å². The molecule has 27 heavy (non-hydrogen) atoms. The summed E-state index contributed by atoms with van der Waals surface area (Å²) in [6, 6.07) is 11.9. The maximum atomic E-state index is 13.0. The van der Waals surface area contributed by atoms with E-state index in [1.807, 2.05) is 0 Å². The highest BCUT2D eigenvalue weighted by Crippen LogP contribution is 2.31. The Labute approximate surface area is 158 Å². The first kappa shape index (κ1) is 17.6. The van der Waals surface area contributed by atoms with Gasteiger partial charge < -0.3 is 5.32 Å². The van der Waals surface area contributed by atoms with E-state index in [1.54, 1.807) is 42.5 Å². The van der Waals surface area contributed by atoms with Crippen molar-refractivity contribution < 1.29 is 14.4 Å². The Kier molecular flexibility index (Phi) is 4.62. The third kappa shape index (κ3) is 3.30. The molecule has 4 rings (SSSR count). The minimum Gasteiger partial charge on any atom is -0.324 e. The summed E-state index contributed by atoms with van der Waals surface area (Å²) in [7, 11) is 0. The van der Waals surface area contributed by atoms with Crippen molar-refractivity contribution in [2.45, 2.75) is 19.8 Å². The number of likely N-dealkylation sites (tertiary alicyclic amines) is 1. The van der Waals surface area contributed by atoms with Crippen molar-refractivity contribution in [3.63, 3.8) is 0 Å². The number of carbonyl (C=O) groups is 3. The maximum absolute atomic E-state index is 13.0. The highest BCUT2D eigenvalue weighted by molar-refractivity contribution is 6.30. The van der Waals surface area contributed by atoms with Gasteiger partial charge in [0.05, 0.1) is 17.8 Å². The van der Waals surface area contributed by atoms with Crippen LogP contribution in [0.2, 0.25) is 0 Å². The highest BCUT2D eigenvalue weighted by Gasteiger charge is 2.31. The first-order chi connectivity index (χ1) is 13.0. The number of nitrogens with zero attached hydrogens (tertiary/aromatic N) is 1. The lowest BCUT2D eigenvalue weighted by Gasteiger charge is -2.30. The van der Waals surface area contributed by atoms with Gasteiger partial charge in [0.15, 0.2) is 11.6 Å². The molecule has 0 aromatic heterocycles. The van der Waals surface area contributed by atoms with Crippen LogP contribution in [0.3, 0.4) is 0 Å². The fraction of sp³-hybridized carbons (Fsp3) is 0.318. The quantitative estimate of drug-likeness (QED) is 0.777. The number of hydrogen-bond acceptors (Lipinski definition) is 4. The standard InChI is InChI=1S/C22H22N2O3/c1-14-6-5-11-24(12-14)13-19(25)23-18-10-4-9-17-20(18)22(27)16-8-3-2-7-15(16)21(17)26/h2-4,7-10,14H,5-6,11-13H2,1H3,(H,23,25)/t14-/m0/s1. The van der Waals surface area contributed by atoms with Gasteiger partial charge in [-0.3, -0.25) is 19.3 Å². The molecule has 0 unspecified atom stereocenters. The number of ketones is 2. The molecule has 1 aliphatic carbocycles. The third-order valence-electron chi connectivity index (χ3n) is 5.33. The number of carbonyl (C=O) groups excluding carboxylic acids is 3. The van der Waals surface area contributed by atoms with E-state index in [0.29, 0.717) is 40.4 Å². The van der Waals surface area contributed by atoms with Crippen molar-refractivity contribution in [1.29, 1.82) is 0 Å². The van der Waals surface area contributed by atoms with Gasteiger partial charge in [-0.1, -0.05) is 43.3 Å². The lowest BCUT2D eigenvalue weighted by Crippen LogP contribution is -2.40. The summed E-state index contributed by atoms with van der Waals surface area (Å²) in [4.78, 5) is 40.4. The van der Waals surface area contributed by atoms with E-state index in [9.17, 15) is 14.4 Å². The first-order valence-corrected chi connectivity index (χ1v) is 9.38. The number of piperidine rings is 1. The second-order valence-electron chi connectivity index (χ2n) is 7.46. The number of anilines is 1. The van der Waals surface area contributed by atoms with E-state index >= 15 is 0 Å². The highest BCUT2D eigenvalue weighted by atomic mass is 16.2. The van der Waals surface area contributed by atoms with Gasteiger partial charge in [-0.25, -0.2) is 0 Å². The molecule has 2 aromatic rings. The SMILES string of the molecule is C[C@H]1CCCN(CC(=O)Nc2cccc3c2C(=O)c2ccccc2C3=O)C1. The minimum absolute atomic E-state index is 0.156. The molecule has 5 nitrogen and oxygen atoms in total. The summed E-state index contributed by atoms with van der Waals surface area (Å²) in [5.41, 5.74) is 1.86. The van der Waals surface area contributed by atoms with E-state index in [2.05, 4.69) is 17.1 Å². The molecule has 0 radical (unpaired) electrons. The van der Waals surface area contributed by atoms with Crippen molar-refractivity contribution >= 4 is 23.2 Å². The average molecular weight is 362 g/mol. The summed E-state index contributed by atoms with van der Waals surface area (Å²) >= 11 is 0. The number of fused-ring (bicyclic) bond motifs is 2. The first-order valence-electron chi connectivity index (χ1n) is 9.38. The molecule has 0 bridgehead atoms. The lowest BCUT2D eigenvalue weighted by molar-refractivity contribution is -0.117. The van der Waals surface area contributed by atoms with Gasteiger partial charge in [-0.2, -0.15) is 0 Å². The van der Waals surface area contributed by atoms with E-state index in [1.165, 1.54) is 6.42 Å². The van der Waals surface area contributed by atoms with E-state index in [4.69, 9.17) is 0 Å². The Bertz CT molecular complexity index is 935. The van der Waals surface area contributed by atoms with Crippen LogP contribution in [0.1, 0.15) is 51.6 Å². The summed E-state index contributed by atoms with van der Waals surface area (Å²) < 4.78 is 0. The van der Waals surface area contributed by atoms with Gasteiger partial charge in [-0.15, -0.1) is 0 Å². The zero-order valence-corrected chi connectivity index (χ0v) is 15.3. The molecule has 2 aromatic carbocycles. The van der Waals surface area contributed by atoms with Crippen LogP contribution in [0.15, 0.2) is 42.5 Å². The summed E-state index contributed by atoms with van der Waals surface area (Å²) in [5, 5.41) is 2.86. The minimum atomic E-state index is -0.220. The molecule has 1 atom stereocenters. The van der Waals surface area contributed by atoms with Crippen LogP contribution in [0.25, 0.3) is 0 Å². The molecule has 1 fully saturated rings. The number of amides is 1. The molecule has 1 heterocycles. The van der Waals surface area contributed by atoms with Crippen LogP contribution in [0.5, 0.6) is 0 Å². The van der Waals surface area contributed by atoms with Gasteiger partial charge >= 0.3 is 0 Å². The Hall–Kier alpha value is -2.79. The Balaban J connectivity index is 1.59. The van der Waals surface area contributed by atoms with E-state index in [-0.39, 0.29) is 17.5 Å². The monoisotopic (exact) mass is 362 g/mol. The smallest absolute Gasteiger partial charge is 0.238 e. The molecular formula is C22H22N2O3. The van der Waals surface area contributed by atoms with Crippen molar-refractivity contribution in [3.05, 3.63) is 64.7 Å². The van der Waals surface area contributed by atoms with Gasteiger partial charge in [0.2, 0.25) is 5.91 Å². The molecule has 1 amide bonds. The fourth-order valence-electron chi connectivity index (χ4n) is 4.07. The molecule has 2 aliphatic rings. The van der Waals surface area contributed by atoms with Crippen LogP contribution in [0.4, 0.5) is 5.69 Å². The number of nitrogens with one attached hydrogen (secondary N) is 1. The predicted octanol–water partition coefficient (Wildman–Crippen LogP) is 3.13. The van der Waals surface area contributed by atoms with Gasteiger partial charge in [0, 0.05) is 23.2 Å². The molecule has 0 saturated carbocycles. The lowest BCUT2D eigenvalue weighted by atomic mass is 9.83. The molecule has 0 spiro atoms. The van der Waals surface area contributed by atoms with Gasteiger partial charge in [0.1, 0.15) is 0 Å².